The minimum atomic E-state index is -0.122. The highest BCUT2D eigenvalue weighted by Crippen LogP contribution is 2.11. The second kappa shape index (κ2) is 4.38. The minimum absolute atomic E-state index is 0.122. The molecule has 0 aliphatic carbocycles. The van der Waals surface area contributed by atoms with Crippen LogP contribution in [0.5, 0.6) is 0 Å². The monoisotopic (exact) mass is 192 g/mol. The molecule has 0 heterocycles. The van der Waals surface area contributed by atoms with Crippen LogP contribution in [0.15, 0.2) is 24.3 Å². The summed E-state index contributed by atoms with van der Waals surface area (Å²) < 4.78 is 5.60. The van der Waals surface area contributed by atoms with E-state index in [-0.39, 0.29) is 5.60 Å². The van der Waals surface area contributed by atoms with Gasteiger partial charge in [0.15, 0.2) is 0 Å². The summed E-state index contributed by atoms with van der Waals surface area (Å²) in [5.41, 5.74) is 1.67. The minimum Gasteiger partial charge on any atom is -0.371 e. The van der Waals surface area contributed by atoms with Gasteiger partial charge in [0.25, 0.3) is 0 Å². The van der Waals surface area contributed by atoms with Crippen molar-refractivity contribution in [2.24, 2.45) is 0 Å². The summed E-state index contributed by atoms with van der Waals surface area (Å²) >= 11 is 0. The molecule has 1 aromatic carbocycles. The van der Waals surface area contributed by atoms with E-state index in [0.29, 0.717) is 12.2 Å². The molecule has 1 rings (SSSR count). The fourth-order valence-electron chi connectivity index (χ4n) is 0.992. The van der Waals surface area contributed by atoms with Crippen LogP contribution in [0.4, 0.5) is 0 Å². The molecule has 0 spiro atoms. The molecule has 0 atom stereocenters. The molecule has 0 aliphatic rings. The maximum Gasteiger partial charge on any atom is 0.150 e. The van der Waals surface area contributed by atoms with E-state index in [1.54, 1.807) is 12.1 Å². The Kier molecular flexibility index (Phi) is 3.42. The van der Waals surface area contributed by atoms with Crippen molar-refractivity contribution in [2.75, 3.05) is 0 Å². The quantitative estimate of drug-likeness (QED) is 0.688. The van der Waals surface area contributed by atoms with Crippen LogP contribution in [0.1, 0.15) is 36.7 Å². The first kappa shape index (κ1) is 10.9. The predicted molar refractivity (Wildman–Crippen MR) is 56.4 cm³/mol. The van der Waals surface area contributed by atoms with E-state index in [0.717, 1.165) is 11.8 Å². The number of benzene rings is 1. The van der Waals surface area contributed by atoms with Crippen LogP contribution in [-0.4, -0.2) is 11.9 Å². The van der Waals surface area contributed by atoms with Crippen LogP contribution in [0, 0.1) is 0 Å². The predicted octanol–water partition coefficient (Wildman–Crippen LogP) is 2.81. The molecule has 0 aliphatic heterocycles. The Morgan fingerprint density at radius 2 is 1.79 bits per heavy atom. The molecule has 1 aromatic rings. The van der Waals surface area contributed by atoms with E-state index in [9.17, 15) is 4.79 Å². The van der Waals surface area contributed by atoms with Crippen molar-refractivity contribution >= 4 is 6.29 Å². The summed E-state index contributed by atoms with van der Waals surface area (Å²) in [5, 5.41) is 0. The first-order valence-corrected chi connectivity index (χ1v) is 4.69. The standard InChI is InChI=1S/C12H16O2/c1-12(2,3)14-9-11-6-4-10(8-13)5-7-11/h4-8H,9H2,1-3H3. The summed E-state index contributed by atoms with van der Waals surface area (Å²) in [4.78, 5) is 10.4. The molecule has 76 valence electrons. The Morgan fingerprint density at radius 1 is 1.21 bits per heavy atom. The molecule has 0 N–H and O–H groups in total. The topological polar surface area (TPSA) is 26.3 Å². The van der Waals surface area contributed by atoms with E-state index in [1.807, 2.05) is 32.9 Å². The van der Waals surface area contributed by atoms with Crippen LogP contribution < -0.4 is 0 Å². The third kappa shape index (κ3) is 3.71. The molecule has 0 amide bonds. The van der Waals surface area contributed by atoms with Crippen molar-refractivity contribution in [3.63, 3.8) is 0 Å². The number of carbonyl (C=O) groups is 1. The van der Waals surface area contributed by atoms with Gasteiger partial charge in [0, 0.05) is 5.56 Å². The average Bonchev–Trinajstić information content (AvgIpc) is 2.14. The van der Waals surface area contributed by atoms with Crippen LogP contribution in [0.25, 0.3) is 0 Å². The van der Waals surface area contributed by atoms with Crippen molar-refractivity contribution in [3.8, 4) is 0 Å². The molecule has 14 heavy (non-hydrogen) atoms. The van der Waals surface area contributed by atoms with Gasteiger partial charge in [-0.25, -0.2) is 0 Å². The van der Waals surface area contributed by atoms with E-state index >= 15 is 0 Å². The molecule has 0 saturated carbocycles. The van der Waals surface area contributed by atoms with E-state index in [2.05, 4.69) is 0 Å². The second-order valence-corrected chi connectivity index (χ2v) is 4.26. The zero-order valence-corrected chi connectivity index (χ0v) is 8.91. The maximum absolute atomic E-state index is 10.4. The van der Waals surface area contributed by atoms with Crippen LogP contribution in [0.2, 0.25) is 0 Å². The molecule has 2 heteroatoms. The summed E-state index contributed by atoms with van der Waals surface area (Å²) in [6.07, 6.45) is 0.842. The highest BCUT2D eigenvalue weighted by atomic mass is 16.5. The Hall–Kier alpha value is -1.15. The van der Waals surface area contributed by atoms with Gasteiger partial charge in [-0.15, -0.1) is 0 Å². The Bertz CT molecular complexity index is 293. The van der Waals surface area contributed by atoms with Crippen molar-refractivity contribution < 1.29 is 9.53 Å². The molecule has 0 fully saturated rings. The lowest BCUT2D eigenvalue weighted by molar-refractivity contribution is -0.0149. The van der Waals surface area contributed by atoms with Crippen LogP contribution >= 0.6 is 0 Å². The Balaban J connectivity index is 2.56. The normalized spacial score (nSPS) is 11.4. The summed E-state index contributed by atoms with van der Waals surface area (Å²) in [6, 6.07) is 7.42. The van der Waals surface area contributed by atoms with Gasteiger partial charge in [-0.3, -0.25) is 4.79 Å². The van der Waals surface area contributed by atoms with Gasteiger partial charge in [0.2, 0.25) is 0 Å². The smallest absolute Gasteiger partial charge is 0.150 e. The summed E-state index contributed by atoms with van der Waals surface area (Å²) in [5.74, 6) is 0. The Morgan fingerprint density at radius 3 is 2.21 bits per heavy atom. The first-order valence-electron chi connectivity index (χ1n) is 4.69. The molecule has 0 radical (unpaired) electrons. The lowest BCUT2D eigenvalue weighted by atomic mass is 10.1. The maximum atomic E-state index is 10.4. The summed E-state index contributed by atoms with van der Waals surface area (Å²) in [6.45, 7) is 6.65. The number of hydrogen-bond donors (Lipinski definition) is 0. The molecule has 2 nitrogen and oxygen atoms in total. The lowest BCUT2D eigenvalue weighted by Gasteiger charge is -2.19. The van der Waals surface area contributed by atoms with Gasteiger partial charge in [-0.05, 0) is 26.3 Å². The number of ether oxygens (including phenoxy) is 1. The molecule has 0 unspecified atom stereocenters. The van der Waals surface area contributed by atoms with Crippen molar-refractivity contribution in [2.45, 2.75) is 33.0 Å². The van der Waals surface area contributed by atoms with Gasteiger partial charge < -0.3 is 4.74 Å². The molecular weight excluding hydrogens is 176 g/mol. The third-order valence-corrected chi connectivity index (χ3v) is 1.79. The number of aldehydes is 1. The van der Waals surface area contributed by atoms with Crippen LogP contribution in [0.3, 0.4) is 0 Å². The van der Waals surface area contributed by atoms with Gasteiger partial charge in [-0.2, -0.15) is 0 Å². The summed E-state index contributed by atoms with van der Waals surface area (Å²) in [7, 11) is 0. The first-order chi connectivity index (χ1) is 6.51. The molecule has 0 saturated heterocycles. The van der Waals surface area contributed by atoms with Gasteiger partial charge in [0.05, 0.1) is 12.2 Å². The van der Waals surface area contributed by atoms with Gasteiger partial charge in [-0.1, -0.05) is 24.3 Å². The number of rotatable bonds is 3. The average molecular weight is 192 g/mol. The van der Waals surface area contributed by atoms with Crippen molar-refractivity contribution in [3.05, 3.63) is 35.4 Å². The largest absolute Gasteiger partial charge is 0.371 e. The number of carbonyl (C=O) groups excluding carboxylic acids is 1. The second-order valence-electron chi connectivity index (χ2n) is 4.26. The highest BCUT2D eigenvalue weighted by molar-refractivity contribution is 5.74. The van der Waals surface area contributed by atoms with Crippen molar-refractivity contribution in [1.82, 2.24) is 0 Å². The van der Waals surface area contributed by atoms with E-state index in [4.69, 9.17) is 4.74 Å². The zero-order valence-electron chi connectivity index (χ0n) is 8.91. The molecular formula is C12H16O2. The third-order valence-electron chi connectivity index (χ3n) is 1.79. The fraction of sp³-hybridized carbons (Fsp3) is 0.417. The van der Waals surface area contributed by atoms with Crippen molar-refractivity contribution in [1.29, 1.82) is 0 Å². The fourth-order valence-corrected chi connectivity index (χ4v) is 0.992. The van der Waals surface area contributed by atoms with Gasteiger partial charge in [0.1, 0.15) is 6.29 Å². The highest BCUT2D eigenvalue weighted by Gasteiger charge is 2.09. The van der Waals surface area contributed by atoms with Crippen LogP contribution in [-0.2, 0) is 11.3 Å². The van der Waals surface area contributed by atoms with Gasteiger partial charge >= 0.3 is 0 Å². The SMILES string of the molecule is CC(C)(C)OCc1ccc(C=O)cc1. The molecule has 0 bridgehead atoms. The molecule has 0 aromatic heterocycles. The Labute approximate surface area is 84.9 Å². The van der Waals surface area contributed by atoms with E-state index in [1.165, 1.54) is 0 Å². The number of hydrogen-bond acceptors (Lipinski definition) is 2. The van der Waals surface area contributed by atoms with E-state index < -0.39 is 0 Å². The zero-order chi connectivity index (χ0) is 10.6. The lowest BCUT2D eigenvalue weighted by Crippen LogP contribution is -2.18.